The second kappa shape index (κ2) is 3.24. The summed E-state index contributed by atoms with van der Waals surface area (Å²) in [5.41, 5.74) is 1.19. The topological polar surface area (TPSA) is 21.8 Å². The van der Waals surface area contributed by atoms with Gasteiger partial charge in [0, 0.05) is 5.56 Å². The van der Waals surface area contributed by atoms with Crippen LogP contribution in [0.5, 0.6) is 5.75 Å². The predicted octanol–water partition coefficient (Wildman–Crippen LogP) is 2.92. The molecule has 1 fully saturated rings. The van der Waals surface area contributed by atoms with Gasteiger partial charge >= 0.3 is 0 Å². The molecule has 0 radical (unpaired) electrons. The third-order valence-electron chi connectivity index (χ3n) is 2.81. The first-order valence-electron chi connectivity index (χ1n) is 5.07. The van der Waals surface area contributed by atoms with E-state index in [2.05, 4.69) is 18.2 Å². The van der Waals surface area contributed by atoms with Crippen molar-refractivity contribution in [2.45, 2.75) is 6.10 Å². The summed E-state index contributed by atoms with van der Waals surface area (Å²) in [5, 5.41) is 2.48. The Kier molecular flexibility index (Phi) is 1.89. The molecule has 1 aliphatic heterocycles. The van der Waals surface area contributed by atoms with Crippen molar-refractivity contribution in [3.8, 4) is 5.75 Å². The van der Waals surface area contributed by atoms with Crippen LogP contribution in [0.25, 0.3) is 10.8 Å². The summed E-state index contributed by atoms with van der Waals surface area (Å²) in [4.78, 5) is 0. The molecule has 2 aromatic carbocycles. The highest BCUT2D eigenvalue weighted by atomic mass is 16.6. The van der Waals surface area contributed by atoms with Gasteiger partial charge in [-0.1, -0.05) is 30.3 Å². The van der Waals surface area contributed by atoms with Crippen molar-refractivity contribution >= 4 is 10.8 Å². The molecule has 0 N–H and O–H groups in total. The van der Waals surface area contributed by atoms with Crippen LogP contribution in [0.15, 0.2) is 36.4 Å². The van der Waals surface area contributed by atoms with Crippen LogP contribution in [-0.2, 0) is 4.74 Å². The number of epoxide rings is 1. The summed E-state index contributed by atoms with van der Waals surface area (Å²) < 4.78 is 10.7. The number of hydrogen-bond acceptors (Lipinski definition) is 2. The smallest absolute Gasteiger partial charge is 0.125 e. The molecule has 1 saturated heterocycles. The summed E-state index contributed by atoms with van der Waals surface area (Å²) in [6.45, 7) is 0.810. The Bertz CT molecular complexity index is 501. The number of fused-ring (bicyclic) bond motifs is 1. The molecule has 0 saturated carbocycles. The summed E-state index contributed by atoms with van der Waals surface area (Å²) in [7, 11) is 1.70. The average Bonchev–Trinajstić information content (AvgIpc) is 3.11. The van der Waals surface area contributed by atoms with Gasteiger partial charge in [0.25, 0.3) is 0 Å². The van der Waals surface area contributed by atoms with Crippen molar-refractivity contribution in [1.29, 1.82) is 0 Å². The van der Waals surface area contributed by atoms with E-state index in [0.717, 1.165) is 12.4 Å². The first kappa shape index (κ1) is 8.74. The maximum absolute atomic E-state index is 5.37. The number of methoxy groups -OCH3 is 1. The summed E-state index contributed by atoms with van der Waals surface area (Å²) in [5.74, 6) is 0.927. The van der Waals surface area contributed by atoms with E-state index in [1.165, 1.54) is 16.3 Å². The van der Waals surface area contributed by atoms with Gasteiger partial charge in [0.2, 0.25) is 0 Å². The van der Waals surface area contributed by atoms with E-state index in [9.17, 15) is 0 Å². The summed E-state index contributed by atoms with van der Waals surface area (Å²) in [6, 6.07) is 12.4. The second-order valence-corrected chi connectivity index (χ2v) is 3.72. The van der Waals surface area contributed by atoms with Crippen molar-refractivity contribution in [1.82, 2.24) is 0 Å². The molecular formula is C13H12O2. The Morgan fingerprint density at radius 3 is 2.73 bits per heavy atom. The number of ether oxygens (including phenoxy) is 2. The van der Waals surface area contributed by atoms with Crippen LogP contribution >= 0.6 is 0 Å². The van der Waals surface area contributed by atoms with E-state index < -0.39 is 0 Å². The van der Waals surface area contributed by atoms with Crippen LogP contribution in [0, 0.1) is 0 Å². The molecule has 1 heterocycles. The zero-order valence-electron chi connectivity index (χ0n) is 8.57. The van der Waals surface area contributed by atoms with Crippen molar-refractivity contribution in [3.63, 3.8) is 0 Å². The van der Waals surface area contributed by atoms with E-state index in [1.54, 1.807) is 7.11 Å². The monoisotopic (exact) mass is 200 g/mol. The molecule has 0 aliphatic carbocycles. The summed E-state index contributed by atoms with van der Waals surface area (Å²) >= 11 is 0. The van der Waals surface area contributed by atoms with E-state index in [-0.39, 0.29) is 6.10 Å². The lowest BCUT2D eigenvalue weighted by Crippen LogP contribution is -1.92. The van der Waals surface area contributed by atoms with Gasteiger partial charge in [-0.2, -0.15) is 0 Å². The normalized spacial score (nSPS) is 19.1. The third kappa shape index (κ3) is 1.38. The van der Waals surface area contributed by atoms with E-state index in [1.807, 2.05) is 18.2 Å². The third-order valence-corrected chi connectivity index (χ3v) is 2.81. The zero-order valence-corrected chi connectivity index (χ0v) is 8.57. The number of hydrogen-bond donors (Lipinski definition) is 0. The fourth-order valence-corrected chi connectivity index (χ4v) is 2.00. The lowest BCUT2D eigenvalue weighted by Gasteiger charge is -2.09. The van der Waals surface area contributed by atoms with E-state index >= 15 is 0 Å². The van der Waals surface area contributed by atoms with Crippen LogP contribution in [-0.4, -0.2) is 13.7 Å². The van der Waals surface area contributed by atoms with Crippen molar-refractivity contribution in [2.75, 3.05) is 13.7 Å². The maximum Gasteiger partial charge on any atom is 0.125 e. The van der Waals surface area contributed by atoms with Gasteiger partial charge in [-0.15, -0.1) is 0 Å². The molecule has 2 aromatic rings. The Hall–Kier alpha value is -1.54. The standard InChI is InChI=1S/C13H12O2/c1-14-11-7-6-9-4-2-3-5-10(9)13(11)12-8-15-12/h2-7,12H,8H2,1H3. The summed E-state index contributed by atoms with van der Waals surface area (Å²) in [6.07, 6.45) is 0.228. The lowest BCUT2D eigenvalue weighted by atomic mass is 10.0. The second-order valence-electron chi connectivity index (χ2n) is 3.72. The number of benzene rings is 2. The first-order valence-corrected chi connectivity index (χ1v) is 5.07. The molecule has 1 unspecified atom stereocenters. The minimum absolute atomic E-state index is 0.228. The quantitative estimate of drug-likeness (QED) is 0.695. The predicted molar refractivity (Wildman–Crippen MR) is 59.2 cm³/mol. The fraction of sp³-hybridized carbons (Fsp3) is 0.231. The molecule has 1 atom stereocenters. The SMILES string of the molecule is COc1ccc2ccccc2c1C1CO1. The van der Waals surface area contributed by atoms with Gasteiger partial charge < -0.3 is 9.47 Å². The largest absolute Gasteiger partial charge is 0.496 e. The van der Waals surface area contributed by atoms with Crippen LogP contribution in [0.2, 0.25) is 0 Å². The molecule has 0 aromatic heterocycles. The molecule has 2 nitrogen and oxygen atoms in total. The minimum Gasteiger partial charge on any atom is -0.496 e. The van der Waals surface area contributed by atoms with Crippen LogP contribution in [0.3, 0.4) is 0 Å². The fourth-order valence-electron chi connectivity index (χ4n) is 2.00. The zero-order chi connectivity index (χ0) is 10.3. The Morgan fingerprint density at radius 2 is 2.00 bits per heavy atom. The van der Waals surface area contributed by atoms with Crippen LogP contribution in [0.4, 0.5) is 0 Å². The van der Waals surface area contributed by atoms with E-state index in [4.69, 9.17) is 9.47 Å². The average molecular weight is 200 g/mol. The minimum atomic E-state index is 0.228. The molecule has 76 valence electrons. The van der Waals surface area contributed by atoms with E-state index in [0.29, 0.717) is 0 Å². The van der Waals surface area contributed by atoms with Gasteiger partial charge in [0.1, 0.15) is 11.9 Å². The molecule has 2 heteroatoms. The van der Waals surface area contributed by atoms with Gasteiger partial charge in [-0.3, -0.25) is 0 Å². The van der Waals surface area contributed by atoms with Gasteiger partial charge in [-0.25, -0.2) is 0 Å². The van der Waals surface area contributed by atoms with Gasteiger partial charge in [-0.05, 0) is 16.8 Å². The van der Waals surface area contributed by atoms with Gasteiger partial charge in [0.15, 0.2) is 0 Å². The Labute approximate surface area is 88.4 Å². The molecule has 0 spiro atoms. The van der Waals surface area contributed by atoms with Crippen molar-refractivity contribution < 1.29 is 9.47 Å². The molecule has 15 heavy (non-hydrogen) atoms. The Balaban J connectivity index is 2.32. The highest BCUT2D eigenvalue weighted by molar-refractivity contribution is 5.88. The first-order chi connectivity index (χ1) is 7.40. The van der Waals surface area contributed by atoms with Gasteiger partial charge in [0.05, 0.1) is 13.7 Å². The maximum atomic E-state index is 5.37. The molecule has 3 rings (SSSR count). The van der Waals surface area contributed by atoms with Crippen LogP contribution < -0.4 is 4.74 Å². The molecule has 0 bridgehead atoms. The highest BCUT2D eigenvalue weighted by Crippen LogP contribution is 2.40. The van der Waals surface area contributed by atoms with Crippen LogP contribution in [0.1, 0.15) is 11.7 Å². The number of rotatable bonds is 2. The van der Waals surface area contributed by atoms with Crippen molar-refractivity contribution in [2.24, 2.45) is 0 Å². The highest BCUT2D eigenvalue weighted by Gasteiger charge is 2.29. The van der Waals surface area contributed by atoms with Crippen molar-refractivity contribution in [3.05, 3.63) is 42.0 Å². The lowest BCUT2D eigenvalue weighted by molar-refractivity contribution is 0.385. The molecular weight excluding hydrogens is 188 g/mol. The molecule has 1 aliphatic rings. The molecule has 0 amide bonds. The Morgan fingerprint density at radius 1 is 1.20 bits per heavy atom.